The molecule has 0 aromatic carbocycles. The number of rotatable bonds is 0. The molecule has 74 valence electrons. The van der Waals surface area contributed by atoms with Gasteiger partial charge < -0.3 is 11.5 Å². The highest BCUT2D eigenvalue weighted by Crippen LogP contribution is 1.90. The van der Waals surface area contributed by atoms with Gasteiger partial charge in [0.25, 0.3) is 0 Å². The van der Waals surface area contributed by atoms with E-state index in [1.807, 2.05) is 0 Å². The summed E-state index contributed by atoms with van der Waals surface area (Å²) in [4.78, 5) is 0. The van der Waals surface area contributed by atoms with Gasteiger partial charge in [0.2, 0.25) is 0 Å². The van der Waals surface area contributed by atoms with Crippen molar-refractivity contribution in [1.29, 1.82) is 0 Å². The molecule has 1 heterocycles. The zero-order valence-corrected chi connectivity index (χ0v) is 10.3. The van der Waals surface area contributed by atoms with E-state index in [2.05, 4.69) is 55.0 Å². The summed E-state index contributed by atoms with van der Waals surface area (Å²) in [6, 6.07) is 0. The molecule has 1 rings (SSSR count). The molecule has 0 atom stereocenters. The zero-order chi connectivity index (χ0) is 8.95. The summed E-state index contributed by atoms with van der Waals surface area (Å²) in [6.07, 6.45) is 2.78. The van der Waals surface area contributed by atoms with Gasteiger partial charge in [-0.3, -0.25) is 0 Å². The van der Waals surface area contributed by atoms with Crippen LogP contribution < -0.4 is 11.5 Å². The molecule has 0 unspecified atom stereocenters. The maximum Gasteiger partial charge on any atom is 0.0310 e. The molecule has 4 N–H and O–H groups in total. The van der Waals surface area contributed by atoms with Crippen LogP contribution in [-0.4, -0.2) is 22.5 Å². The second kappa shape index (κ2) is 22.6. The highest BCUT2D eigenvalue weighted by molar-refractivity contribution is 8.08. The first-order chi connectivity index (χ1) is 5.33. The Labute approximate surface area is 96.3 Å². The lowest BCUT2D eigenvalue weighted by Crippen LogP contribution is -2.03. The lowest BCUT2D eigenvalue weighted by molar-refractivity contribution is 0.857. The van der Waals surface area contributed by atoms with Crippen molar-refractivity contribution in [1.82, 2.24) is 11.5 Å². The van der Waals surface area contributed by atoms with Crippen LogP contribution in [0.1, 0.15) is 12.8 Å². The first-order valence-electron chi connectivity index (χ1n) is 3.19. The van der Waals surface area contributed by atoms with Crippen molar-refractivity contribution in [3.8, 4) is 0 Å². The predicted octanol–water partition coefficient (Wildman–Crippen LogP) is 2.28. The van der Waals surface area contributed by atoms with Crippen LogP contribution in [0, 0.1) is 0 Å². The molecule has 0 radical (unpaired) electrons. The average molecular weight is 244 g/mol. The second-order valence-electron chi connectivity index (χ2n) is 1.67. The molecule has 6 heteroatoms. The van der Waals surface area contributed by atoms with Crippen LogP contribution in [0.3, 0.4) is 0 Å². The molecule has 0 amide bonds. The van der Waals surface area contributed by atoms with Crippen molar-refractivity contribution in [2.45, 2.75) is 12.8 Å². The maximum absolute atomic E-state index is 4.13. The number of hydrogen-bond acceptors (Lipinski definition) is 4. The zero-order valence-electron chi connectivity index (χ0n) is 6.90. The van der Waals surface area contributed by atoms with E-state index in [-0.39, 0.29) is 6.15 Å². The Balaban J connectivity index is -0.000000104. The number of hydrogen-bond donors (Lipinski definition) is 4. The smallest absolute Gasteiger partial charge is 0.0310 e. The monoisotopic (exact) mass is 244 g/mol. The SMILES string of the molecule is C1CCNC1.N.S=CS.S=CS. The molecule has 0 aromatic heterocycles. The fraction of sp³-hybridized carbons (Fsp3) is 0.667. The normalized spacial score (nSPS) is 12.2. The third-order valence-electron chi connectivity index (χ3n) is 0.957. The van der Waals surface area contributed by atoms with Gasteiger partial charge in [-0.25, -0.2) is 0 Å². The Morgan fingerprint density at radius 1 is 1.00 bits per heavy atom. The topological polar surface area (TPSA) is 47.0 Å². The minimum atomic E-state index is 0. The summed E-state index contributed by atoms with van der Waals surface area (Å²) >= 11 is 15.2. The predicted molar refractivity (Wildman–Crippen MR) is 72.4 cm³/mol. The summed E-state index contributed by atoms with van der Waals surface area (Å²) < 4.78 is 2.56. The Morgan fingerprint density at radius 2 is 1.25 bits per heavy atom. The Kier molecular flexibility index (Phi) is 35.0. The third-order valence-corrected chi connectivity index (χ3v) is 0.957. The number of nitrogens with one attached hydrogen (secondary N) is 1. The first-order valence-corrected chi connectivity index (χ1v) is 5.17. The molecule has 0 saturated carbocycles. The van der Waals surface area contributed by atoms with E-state index >= 15 is 0 Å². The summed E-state index contributed by atoms with van der Waals surface area (Å²) in [5, 5.41) is 3.22. The van der Waals surface area contributed by atoms with Crippen LogP contribution in [0.4, 0.5) is 0 Å². The fourth-order valence-corrected chi connectivity index (χ4v) is 0.625. The van der Waals surface area contributed by atoms with Crippen molar-refractivity contribution in [3.05, 3.63) is 0 Å². The quantitative estimate of drug-likeness (QED) is 0.390. The standard InChI is InChI=1S/C4H9N.2CH2S2.H3N/c1-2-4-5-3-1;2*2-1-3;/h5H,1-4H2;2*1H,(H,2,3);1H3. The van der Waals surface area contributed by atoms with Crippen LogP contribution >= 0.6 is 49.7 Å². The maximum atomic E-state index is 4.13. The summed E-state index contributed by atoms with van der Waals surface area (Å²) in [5.41, 5.74) is 0. The van der Waals surface area contributed by atoms with E-state index in [0.29, 0.717) is 0 Å². The average Bonchev–Trinajstić information content (AvgIpc) is 2.44. The van der Waals surface area contributed by atoms with Gasteiger partial charge in [-0.05, 0) is 25.9 Å². The lowest BCUT2D eigenvalue weighted by Gasteiger charge is -1.76. The molecule has 0 aromatic rings. The van der Waals surface area contributed by atoms with Crippen LogP contribution in [-0.2, 0) is 0 Å². The molecule has 0 aliphatic carbocycles. The van der Waals surface area contributed by atoms with E-state index in [9.17, 15) is 0 Å². The lowest BCUT2D eigenvalue weighted by atomic mass is 10.4. The molecule has 0 bridgehead atoms. The molecule has 1 saturated heterocycles. The number of thiocarbonyl (C=S) groups is 2. The van der Waals surface area contributed by atoms with Crippen LogP contribution in [0.5, 0.6) is 0 Å². The van der Waals surface area contributed by atoms with E-state index < -0.39 is 0 Å². The van der Waals surface area contributed by atoms with Crippen molar-refractivity contribution in [2.75, 3.05) is 13.1 Å². The van der Waals surface area contributed by atoms with Gasteiger partial charge in [0.15, 0.2) is 0 Å². The highest BCUT2D eigenvalue weighted by Gasteiger charge is 1.93. The number of thiol groups is 2. The third kappa shape index (κ3) is 30.8. The largest absolute Gasteiger partial charge is 0.344 e. The molecule has 1 aliphatic rings. The molecule has 1 fully saturated rings. The van der Waals surface area contributed by atoms with Gasteiger partial charge in [-0.1, -0.05) is 24.4 Å². The molecule has 12 heavy (non-hydrogen) atoms. The van der Waals surface area contributed by atoms with Crippen LogP contribution in [0.2, 0.25) is 0 Å². The minimum Gasteiger partial charge on any atom is -0.344 e. The molecular weight excluding hydrogens is 228 g/mol. The van der Waals surface area contributed by atoms with Gasteiger partial charge >= 0.3 is 0 Å². The second-order valence-corrected chi connectivity index (χ2v) is 3.35. The van der Waals surface area contributed by atoms with Crippen LogP contribution in [0.25, 0.3) is 0 Å². The summed E-state index contributed by atoms with van der Waals surface area (Å²) in [6.45, 7) is 2.50. The fourth-order valence-electron chi connectivity index (χ4n) is 0.625. The van der Waals surface area contributed by atoms with Crippen molar-refractivity contribution in [2.24, 2.45) is 0 Å². The summed E-state index contributed by atoms with van der Waals surface area (Å²) in [5.74, 6) is 0. The van der Waals surface area contributed by atoms with Gasteiger partial charge in [-0.2, -0.15) is 0 Å². The Bertz CT molecular complexity index is 72.0. The molecule has 2 nitrogen and oxygen atoms in total. The van der Waals surface area contributed by atoms with Gasteiger partial charge in [-0.15, -0.1) is 25.3 Å². The van der Waals surface area contributed by atoms with E-state index in [4.69, 9.17) is 0 Å². The van der Waals surface area contributed by atoms with Crippen LogP contribution in [0.15, 0.2) is 0 Å². The van der Waals surface area contributed by atoms with Crippen molar-refractivity contribution < 1.29 is 0 Å². The van der Waals surface area contributed by atoms with Gasteiger partial charge in [0.1, 0.15) is 0 Å². The molecule has 1 aliphatic heterocycles. The van der Waals surface area contributed by atoms with Gasteiger partial charge in [0, 0.05) is 9.40 Å². The molecular formula is C6H16N2S4. The van der Waals surface area contributed by atoms with E-state index in [0.717, 1.165) is 0 Å². The van der Waals surface area contributed by atoms with E-state index in [1.165, 1.54) is 35.3 Å². The minimum absolute atomic E-state index is 0. The van der Waals surface area contributed by atoms with E-state index in [1.54, 1.807) is 0 Å². The Hall–Kier alpha value is 0.800. The van der Waals surface area contributed by atoms with Crippen molar-refractivity contribution in [3.63, 3.8) is 0 Å². The van der Waals surface area contributed by atoms with Crippen molar-refractivity contribution >= 4 is 59.1 Å². The van der Waals surface area contributed by atoms with Gasteiger partial charge in [0.05, 0.1) is 0 Å². The first kappa shape index (κ1) is 18.6. The molecule has 0 spiro atoms. The summed E-state index contributed by atoms with van der Waals surface area (Å²) in [7, 11) is 0. The Morgan fingerprint density at radius 3 is 1.33 bits per heavy atom. The highest BCUT2D eigenvalue weighted by atomic mass is 32.1.